The normalized spacial score (nSPS) is 24.4. The van der Waals surface area contributed by atoms with Gasteiger partial charge in [0.15, 0.2) is 0 Å². The number of hydrogen-bond donors (Lipinski definition) is 1. The summed E-state index contributed by atoms with van der Waals surface area (Å²) in [6, 6.07) is 4.61. The van der Waals surface area contributed by atoms with Crippen LogP contribution in [0.4, 0.5) is 0 Å². The maximum absolute atomic E-state index is 6.10. The lowest BCUT2D eigenvalue weighted by Crippen LogP contribution is -2.35. The zero-order chi connectivity index (χ0) is 12.1. The maximum atomic E-state index is 6.10. The van der Waals surface area contributed by atoms with Gasteiger partial charge < -0.3 is 10.6 Å². The molecule has 1 aliphatic carbocycles. The van der Waals surface area contributed by atoms with E-state index in [1.54, 1.807) is 0 Å². The van der Waals surface area contributed by atoms with Crippen molar-refractivity contribution in [1.82, 2.24) is 9.88 Å². The van der Waals surface area contributed by atoms with Crippen LogP contribution >= 0.6 is 0 Å². The molecule has 0 spiro atoms. The Bertz CT molecular complexity index is 325. The molecule has 0 bridgehead atoms. The van der Waals surface area contributed by atoms with Crippen molar-refractivity contribution in [3.63, 3.8) is 0 Å². The Hall–Kier alpha value is -0.930. The topological polar surface area (TPSA) is 42.2 Å². The Labute approximate surface area is 104 Å². The highest BCUT2D eigenvalue weighted by molar-refractivity contribution is 5.09. The van der Waals surface area contributed by atoms with Gasteiger partial charge in [-0.1, -0.05) is 6.42 Å². The first kappa shape index (κ1) is 12.5. The van der Waals surface area contributed by atoms with E-state index in [4.69, 9.17) is 5.73 Å². The first-order valence-electron chi connectivity index (χ1n) is 6.59. The molecule has 17 heavy (non-hydrogen) atoms. The van der Waals surface area contributed by atoms with Crippen LogP contribution in [0, 0.1) is 5.92 Å². The predicted octanol–water partition coefficient (Wildman–Crippen LogP) is 1.68. The van der Waals surface area contributed by atoms with Crippen LogP contribution in [0.25, 0.3) is 0 Å². The smallest absolute Gasteiger partial charge is 0.0270 e. The third-order valence-corrected chi connectivity index (χ3v) is 3.80. The van der Waals surface area contributed by atoms with Crippen LogP contribution in [0.3, 0.4) is 0 Å². The number of nitrogens with two attached hydrogens (primary N) is 1. The second-order valence-corrected chi connectivity index (χ2v) is 5.22. The van der Waals surface area contributed by atoms with Gasteiger partial charge in [-0.05, 0) is 49.9 Å². The van der Waals surface area contributed by atoms with E-state index in [1.807, 2.05) is 12.4 Å². The number of aromatic nitrogens is 1. The molecular formula is C14H23N3. The monoisotopic (exact) mass is 233 g/mol. The van der Waals surface area contributed by atoms with Crippen molar-refractivity contribution in [3.8, 4) is 0 Å². The van der Waals surface area contributed by atoms with E-state index < -0.39 is 0 Å². The molecule has 2 N–H and O–H groups in total. The molecule has 0 aromatic carbocycles. The number of likely N-dealkylation sites (N-methyl/N-ethyl adjacent to an activating group) is 1. The van der Waals surface area contributed by atoms with Crippen LogP contribution in [-0.4, -0.2) is 36.1 Å². The standard InChI is InChI=1S/C14H23N3/c1-17(11-13-3-2-4-14(13)15)10-7-12-5-8-16-9-6-12/h5-6,8-9,13-14H,2-4,7,10-11,15H2,1H3. The molecule has 1 aliphatic rings. The number of nitrogens with zero attached hydrogens (tertiary/aromatic N) is 2. The van der Waals surface area contributed by atoms with Crippen molar-refractivity contribution in [1.29, 1.82) is 0 Å². The van der Waals surface area contributed by atoms with Crippen LogP contribution in [0.2, 0.25) is 0 Å². The summed E-state index contributed by atoms with van der Waals surface area (Å²) in [5, 5.41) is 0. The summed E-state index contributed by atoms with van der Waals surface area (Å²) in [7, 11) is 2.20. The van der Waals surface area contributed by atoms with Gasteiger partial charge in [-0.25, -0.2) is 0 Å². The molecule has 1 heterocycles. The van der Waals surface area contributed by atoms with Crippen molar-refractivity contribution in [2.45, 2.75) is 31.7 Å². The van der Waals surface area contributed by atoms with Gasteiger partial charge in [0, 0.05) is 31.5 Å². The van der Waals surface area contributed by atoms with Crippen molar-refractivity contribution >= 4 is 0 Å². The quantitative estimate of drug-likeness (QED) is 0.841. The summed E-state index contributed by atoms with van der Waals surface area (Å²) in [5.41, 5.74) is 7.46. The molecule has 1 aromatic heterocycles. The Kier molecular flexibility index (Phi) is 4.51. The molecule has 1 saturated carbocycles. The Balaban J connectivity index is 1.72. The van der Waals surface area contributed by atoms with E-state index in [-0.39, 0.29) is 0 Å². The van der Waals surface area contributed by atoms with Crippen LogP contribution in [-0.2, 0) is 6.42 Å². The molecule has 94 valence electrons. The summed E-state index contributed by atoms with van der Waals surface area (Å²) in [5.74, 6) is 0.706. The Morgan fingerprint density at radius 1 is 1.35 bits per heavy atom. The fourth-order valence-electron chi connectivity index (χ4n) is 2.65. The fourth-order valence-corrected chi connectivity index (χ4v) is 2.65. The first-order chi connectivity index (χ1) is 8.25. The van der Waals surface area contributed by atoms with Crippen LogP contribution in [0.1, 0.15) is 24.8 Å². The molecule has 2 atom stereocenters. The Morgan fingerprint density at radius 2 is 2.12 bits per heavy atom. The maximum Gasteiger partial charge on any atom is 0.0270 e. The average molecular weight is 233 g/mol. The molecular weight excluding hydrogens is 210 g/mol. The van der Waals surface area contributed by atoms with Gasteiger partial charge in [0.05, 0.1) is 0 Å². The molecule has 0 radical (unpaired) electrons. The second-order valence-electron chi connectivity index (χ2n) is 5.22. The molecule has 1 fully saturated rings. The SMILES string of the molecule is CN(CCc1ccncc1)CC1CCCC1N. The van der Waals surface area contributed by atoms with E-state index in [9.17, 15) is 0 Å². The van der Waals surface area contributed by atoms with Gasteiger partial charge in [-0.15, -0.1) is 0 Å². The summed E-state index contributed by atoms with van der Waals surface area (Å²) in [4.78, 5) is 6.45. The van der Waals surface area contributed by atoms with Crippen molar-refractivity contribution in [2.24, 2.45) is 11.7 Å². The zero-order valence-corrected chi connectivity index (χ0v) is 10.7. The summed E-state index contributed by atoms with van der Waals surface area (Å²) in [6.45, 7) is 2.25. The van der Waals surface area contributed by atoms with Gasteiger partial charge in [0.25, 0.3) is 0 Å². The van der Waals surface area contributed by atoms with Crippen molar-refractivity contribution < 1.29 is 0 Å². The number of rotatable bonds is 5. The minimum Gasteiger partial charge on any atom is -0.327 e. The minimum absolute atomic E-state index is 0.429. The van der Waals surface area contributed by atoms with E-state index in [1.165, 1.54) is 24.8 Å². The highest BCUT2D eigenvalue weighted by Crippen LogP contribution is 2.24. The summed E-state index contributed by atoms with van der Waals surface area (Å²) in [6.07, 6.45) is 8.65. The fraction of sp³-hybridized carbons (Fsp3) is 0.643. The average Bonchev–Trinajstić information content (AvgIpc) is 2.74. The second kappa shape index (κ2) is 6.12. The predicted molar refractivity (Wildman–Crippen MR) is 70.8 cm³/mol. The third kappa shape index (κ3) is 3.79. The van der Waals surface area contributed by atoms with Crippen molar-refractivity contribution in [3.05, 3.63) is 30.1 Å². The summed E-state index contributed by atoms with van der Waals surface area (Å²) < 4.78 is 0. The lowest BCUT2D eigenvalue weighted by molar-refractivity contribution is 0.268. The first-order valence-corrected chi connectivity index (χ1v) is 6.59. The minimum atomic E-state index is 0.429. The van der Waals surface area contributed by atoms with Gasteiger partial charge >= 0.3 is 0 Å². The highest BCUT2D eigenvalue weighted by Gasteiger charge is 2.24. The third-order valence-electron chi connectivity index (χ3n) is 3.80. The summed E-state index contributed by atoms with van der Waals surface area (Å²) >= 11 is 0. The molecule has 0 aliphatic heterocycles. The van der Waals surface area contributed by atoms with Gasteiger partial charge in [-0.2, -0.15) is 0 Å². The van der Waals surface area contributed by atoms with Crippen LogP contribution in [0.15, 0.2) is 24.5 Å². The molecule has 0 amide bonds. The molecule has 3 heteroatoms. The van der Waals surface area contributed by atoms with Gasteiger partial charge in [0.2, 0.25) is 0 Å². The molecule has 1 aromatic rings. The molecule has 2 rings (SSSR count). The molecule has 3 nitrogen and oxygen atoms in total. The van der Waals surface area contributed by atoms with Crippen LogP contribution < -0.4 is 5.73 Å². The van der Waals surface area contributed by atoms with E-state index in [0.717, 1.165) is 19.5 Å². The van der Waals surface area contributed by atoms with Crippen LogP contribution in [0.5, 0.6) is 0 Å². The largest absolute Gasteiger partial charge is 0.327 e. The zero-order valence-electron chi connectivity index (χ0n) is 10.7. The Morgan fingerprint density at radius 3 is 2.76 bits per heavy atom. The van der Waals surface area contributed by atoms with E-state index in [0.29, 0.717) is 12.0 Å². The van der Waals surface area contributed by atoms with E-state index in [2.05, 4.69) is 29.1 Å². The molecule has 2 unspecified atom stereocenters. The van der Waals surface area contributed by atoms with Gasteiger partial charge in [-0.3, -0.25) is 4.98 Å². The lowest BCUT2D eigenvalue weighted by atomic mass is 10.0. The van der Waals surface area contributed by atoms with Gasteiger partial charge in [0.1, 0.15) is 0 Å². The highest BCUT2D eigenvalue weighted by atomic mass is 15.1. The van der Waals surface area contributed by atoms with E-state index >= 15 is 0 Å². The molecule has 0 saturated heterocycles. The van der Waals surface area contributed by atoms with Crippen molar-refractivity contribution in [2.75, 3.05) is 20.1 Å². The number of hydrogen-bond acceptors (Lipinski definition) is 3. The lowest BCUT2D eigenvalue weighted by Gasteiger charge is -2.23. The number of pyridine rings is 1.